The van der Waals surface area contributed by atoms with Crippen molar-refractivity contribution < 1.29 is 18.7 Å². The van der Waals surface area contributed by atoms with E-state index >= 15 is 0 Å². The highest BCUT2D eigenvalue weighted by Crippen LogP contribution is 2.17. The third-order valence-corrected chi connectivity index (χ3v) is 3.35. The van der Waals surface area contributed by atoms with Gasteiger partial charge in [-0.1, -0.05) is 24.3 Å². The Morgan fingerprint density at radius 3 is 2.09 bits per heavy atom. The molecule has 0 radical (unpaired) electrons. The normalized spacial score (nSPS) is 13.5. The first kappa shape index (κ1) is 16.1. The number of rotatable bonds is 5. The molecular formula is C17H17F2NO2. The monoisotopic (exact) mass is 305 g/mol. The molecule has 5 heteroatoms. The van der Waals surface area contributed by atoms with Crippen molar-refractivity contribution in [3.8, 4) is 0 Å². The van der Waals surface area contributed by atoms with Gasteiger partial charge in [0.25, 0.3) is 0 Å². The first-order valence-electron chi connectivity index (χ1n) is 6.93. The van der Waals surface area contributed by atoms with E-state index in [4.69, 9.17) is 0 Å². The molecule has 1 amide bonds. The van der Waals surface area contributed by atoms with Gasteiger partial charge in [-0.3, -0.25) is 4.79 Å². The number of benzene rings is 2. The second-order valence-corrected chi connectivity index (χ2v) is 5.16. The average molecular weight is 305 g/mol. The number of halogens is 2. The van der Waals surface area contributed by atoms with Gasteiger partial charge in [-0.15, -0.1) is 0 Å². The zero-order valence-corrected chi connectivity index (χ0v) is 12.1. The van der Waals surface area contributed by atoms with Gasteiger partial charge in [-0.25, -0.2) is 8.78 Å². The molecule has 2 aromatic rings. The van der Waals surface area contributed by atoms with Gasteiger partial charge in [-0.2, -0.15) is 0 Å². The van der Waals surface area contributed by atoms with Crippen LogP contribution in [0, 0.1) is 11.6 Å². The summed E-state index contributed by atoms with van der Waals surface area (Å²) in [6.07, 6.45) is -0.835. The van der Waals surface area contributed by atoms with Gasteiger partial charge in [0, 0.05) is 0 Å². The van der Waals surface area contributed by atoms with Crippen LogP contribution in [0.15, 0.2) is 48.5 Å². The van der Waals surface area contributed by atoms with Crippen molar-refractivity contribution in [3.63, 3.8) is 0 Å². The molecule has 0 saturated heterocycles. The molecule has 0 aliphatic rings. The van der Waals surface area contributed by atoms with Crippen LogP contribution in [0.25, 0.3) is 0 Å². The molecular weight excluding hydrogens is 288 g/mol. The molecule has 2 unspecified atom stereocenters. The average Bonchev–Trinajstić information content (AvgIpc) is 2.49. The van der Waals surface area contributed by atoms with E-state index in [1.807, 2.05) is 0 Å². The van der Waals surface area contributed by atoms with Gasteiger partial charge in [0.2, 0.25) is 5.91 Å². The fourth-order valence-electron chi connectivity index (χ4n) is 2.12. The van der Waals surface area contributed by atoms with Crippen LogP contribution in [0.3, 0.4) is 0 Å². The zero-order valence-electron chi connectivity index (χ0n) is 12.1. The van der Waals surface area contributed by atoms with E-state index in [0.717, 1.165) is 0 Å². The fourth-order valence-corrected chi connectivity index (χ4v) is 2.12. The molecule has 2 N–H and O–H groups in total. The lowest BCUT2D eigenvalue weighted by Crippen LogP contribution is -2.37. The lowest BCUT2D eigenvalue weighted by Gasteiger charge is -2.20. The predicted molar refractivity (Wildman–Crippen MR) is 79.1 cm³/mol. The number of hydrogen-bond acceptors (Lipinski definition) is 2. The van der Waals surface area contributed by atoms with Crippen LogP contribution in [-0.4, -0.2) is 17.1 Å². The van der Waals surface area contributed by atoms with Crippen molar-refractivity contribution in [2.75, 3.05) is 0 Å². The highest BCUT2D eigenvalue weighted by molar-refractivity contribution is 5.78. The quantitative estimate of drug-likeness (QED) is 0.892. The Balaban J connectivity index is 1.92. The minimum absolute atomic E-state index is 0.0980. The van der Waals surface area contributed by atoms with Gasteiger partial charge in [0.1, 0.15) is 11.6 Å². The number of carbonyl (C=O) groups is 1. The summed E-state index contributed by atoms with van der Waals surface area (Å²) in [6.45, 7) is 1.66. The van der Waals surface area contributed by atoms with E-state index in [2.05, 4.69) is 5.32 Å². The molecule has 0 spiro atoms. The van der Waals surface area contributed by atoms with Gasteiger partial charge in [0.05, 0.1) is 18.6 Å². The Bertz CT molecular complexity index is 626. The minimum atomic E-state index is -0.933. The minimum Gasteiger partial charge on any atom is -0.386 e. The zero-order chi connectivity index (χ0) is 16.1. The topological polar surface area (TPSA) is 49.3 Å². The summed E-state index contributed by atoms with van der Waals surface area (Å²) in [4.78, 5) is 11.9. The summed E-state index contributed by atoms with van der Waals surface area (Å²) in [6, 6.07) is 10.6. The number of nitrogens with one attached hydrogen (secondary N) is 1. The molecule has 2 rings (SSSR count). The van der Waals surface area contributed by atoms with Crippen molar-refractivity contribution >= 4 is 5.91 Å². The maximum atomic E-state index is 12.9. The largest absolute Gasteiger partial charge is 0.386 e. The number of carbonyl (C=O) groups excluding carboxylic acids is 1. The highest BCUT2D eigenvalue weighted by Gasteiger charge is 2.18. The molecule has 0 aromatic heterocycles. The lowest BCUT2D eigenvalue weighted by atomic mass is 10.0. The maximum absolute atomic E-state index is 12.9. The molecule has 0 heterocycles. The Labute approximate surface area is 127 Å². The number of aliphatic hydroxyl groups excluding tert-OH is 1. The lowest BCUT2D eigenvalue weighted by molar-refractivity contribution is -0.121. The Kier molecular flexibility index (Phi) is 5.22. The first-order chi connectivity index (χ1) is 10.5. The van der Waals surface area contributed by atoms with E-state index in [-0.39, 0.29) is 24.0 Å². The van der Waals surface area contributed by atoms with E-state index in [9.17, 15) is 18.7 Å². The first-order valence-corrected chi connectivity index (χ1v) is 6.93. The molecule has 0 fully saturated rings. The Morgan fingerprint density at radius 1 is 1.05 bits per heavy atom. The smallest absolute Gasteiger partial charge is 0.224 e. The molecule has 116 valence electrons. The van der Waals surface area contributed by atoms with Crippen LogP contribution in [0.4, 0.5) is 8.78 Å². The SMILES string of the molecule is CC(NC(=O)Cc1ccc(F)cc1)C(O)c1ccc(F)cc1. The number of amides is 1. The second kappa shape index (κ2) is 7.13. The van der Waals surface area contributed by atoms with Gasteiger partial charge < -0.3 is 10.4 Å². The number of aliphatic hydroxyl groups is 1. The summed E-state index contributed by atoms with van der Waals surface area (Å²) >= 11 is 0. The summed E-state index contributed by atoms with van der Waals surface area (Å²) in [5.74, 6) is -1.02. The van der Waals surface area contributed by atoms with Crippen LogP contribution < -0.4 is 5.32 Å². The van der Waals surface area contributed by atoms with Crippen molar-refractivity contribution in [2.24, 2.45) is 0 Å². The third kappa shape index (κ3) is 4.36. The fraction of sp³-hybridized carbons (Fsp3) is 0.235. The predicted octanol–water partition coefficient (Wildman–Crippen LogP) is 2.75. The van der Waals surface area contributed by atoms with Gasteiger partial charge in [0.15, 0.2) is 0 Å². The second-order valence-electron chi connectivity index (χ2n) is 5.16. The van der Waals surface area contributed by atoms with Crippen LogP contribution in [0.2, 0.25) is 0 Å². The van der Waals surface area contributed by atoms with Crippen LogP contribution in [0.5, 0.6) is 0 Å². The molecule has 3 nitrogen and oxygen atoms in total. The standard InChI is InChI=1S/C17H17F2NO2/c1-11(17(22)13-4-8-15(19)9-5-13)20-16(21)10-12-2-6-14(18)7-3-12/h2-9,11,17,22H,10H2,1H3,(H,20,21). The van der Waals surface area contributed by atoms with Crippen molar-refractivity contribution in [3.05, 3.63) is 71.3 Å². The van der Waals surface area contributed by atoms with E-state index in [1.54, 1.807) is 6.92 Å². The van der Waals surface area contributed by atoms with Crippen LogP contribution >= 0.6 is 0 Å². The molecule has 22 heavy (non-hydrogen) atoms. The van der Waals surface area contributed by atoms with Crippen LogP contribution in [0.1, 0.15) is 24.2 Å². The van der Waals surface area contributed by atoms with Crippen molar-refractivity contribution in [1.82, 2.24) is 5.32 Å². The summed E-state index contributed by atoms with van der Waals surface area (Å²) in [5, 5.41) is 12.8. The molecule has 0 saturated carbocycles. The van der Waals surface area contributed by atoms with E-state index in [0.29, 0.717) is 11.1 Å². The molecule has 0 bridgehead atoms. The summed E-state index contributed by atoms with van der Waals surface area (Å²) in [7, 11) is 0. The molecule has 2 aromatic carbocycles. The molecule has 0 aliphatic heterocycles. The maximum Gasteiger partial charge on any atom is 0.224 e. The Hall–Kier alpha value is -2.27. The number of hydrogen-bond donors (Lipinski definition) is 2. The Morgan fingerprint density at radius 2 is 1.55 bits per heavy atom. The van der Waals surface area contributed by atoms with Crippen molar-refractivity contribution in [2.45, 2.75) is 25.5 Å². The van der Waals surface area contributed by atoms with E-state index in [1.165, 1.54) is 48.5 Å². The van der Waals surface area contributed by atoms with Gasteiger partial charge in [-0.05, 0) is 42.3 Å². The third-order valence-electron chi connectivity index (χ3n) is 3.35. The summed E-state index contributed by atoms with van der Waals surface area (Å²) < 4.78 is 25.6. The summed E-state index contributed by atoms with van der Waals surface area (Å²) in [5.41, 5.74) is 1.21. The molecule has 0 aliphatic carbocycles. The highest BCUT2D eigenvalue weighted by atomic mass is 19.1. The van der Waals surface area contributed by atoms with Crippen molar-refractivity contribution in [1.29, 1.82) is 0 Å². The van der Waals surface area contributed by atoms with E-state index < -0.39 is 12.1 Å². The van der Waals surface area contributed by atoms with Crippen LogP contribution in [-0.2, 0) is 11.2 Å². The van der Waals surface area contributed by atoms with Gasteiger partial charge >= 0.3 is 0 Å². The molecule has 2 atom stereocenters.